The van der Waals surface area contributed by atoms with Gasteiger partial charge in [-0.1, -0.05) is 23.8 Å². The number of hydrogen-bond acceptors (Lipinski definition) is 6. The summed E-state index contributed by atoms with van der Waals surface area (Å²) in [6, 6.07) is 13.0. The second kappa shape index (κ2) is 9.28. The number of carbonyl (C=O) groups is 2. The van der Waals surface area contributed by atoms with Crippen molar-refractivity contribution < 1.29 is 23.5 Å². The fourth-order valence-corrected chi connectivity index (χ4v) is 3.55. The van der Waals surface area contributed by atoms with Crippen LogP contribution in [-0.2, 0) is 19.1 Å². The Morgan fingerprint density at radius 3 is 2.38 bits per heavy atom. The standard InChI is InChI=1S/C23H25NO5/c1-4-27-22(25)19-15(3)14-17(24-16-10-7-6-8-11-16)20(23(26)28-5-2)21(19)18-12-9-13-29-18/h6-14,19,21,24H,4-5H2,1-3H3. The lowest BCUT2D eigenvalue weighted by Crippen LogP contribution is -2.33. The largest absolute Gasteiger partial charge is 0.469 e. The van der Waals surface area contributed by atoms with E-state index in [2.05, 4.69) is 5.32 Å². The molecule has 0 amide bonds. The third-order valence-corrected chi connectivity index (χ3v) is 4.74. The van der Waals surface area contributed by atoms with E-state index in [1.54, 1.807) is 32.1 Å². The van der Waals surface area contributed by atoms with Gasteiger partial charge in [-0.2, -0.15) is 0 Å². The fraction of sp³-hybridized carbons (Fsp3) is 0.304. The SMILES string of the molecule is CCOC(=O)C1=C(Nc2ccccc2)C=C(C)C(C(=O)OCC)C1c1ccco1. The first-order valence-corrected chi connectivity index (χ1v) is 9.68. The Morgan fingerprint density at radius 1 is 1.03 bits per heavy atom. The minimum Gasteiger partial charge on any atom is -0.469 e. The lowest BCUT2D eigenvalue weighted by Gasteiger charge is -2.31. The molecule has 0 bridgehead atoms. The summed E-state index contributed by atoms with van der Waals surface area (Å²) in [7, 11) is 0. The number of hydrogen-bond donors (Lipinski definition) is 1. The number of nitrogens with one attached hydrogen (secondary N) is 1. The Bertz CT molecular complexity index is 912. The lowest BCUT2D eigenvalue weighted by molar-refractivity contribution is -0.147. The summed E-state index contributed by atoms with van der Waals surface area (Å²) in [5.74, 6) is -1.72. The van der Waals surface area contributed by atoms with Crippen LogP contribution < -0.4 is 5.32 Å². The van der Waals surface area contributed by atoms with Crippen LogP contribution in [0.3, 0.4) is 0 Å². The maximum atomic E-state index is 13.0. The molecule has 3 rings (SSSR count). The van der Waals surface area contributed by atoms with E-state index in [0.29, 0.717) is 17.0 Å². The molecule has 29 heavy (non-hydrogen) atoms. The molecule has 152 valence electrons. The van der Waals surface area contributed by atoms with E-state index in [9.17, 15) is 9.59 Å². The first-order chi connectivity index (χ1) is 14.1. The van der Waals surface area contributed by atoms with Crippen LogP contribution >= 0.6 is 0 Å². The third kappa shape index (κ3) is 4.42. The highest BCUT2D eigenvalue weighted by Gasteiger charge is 2.43. The minimum absolute atomic E-state index is 0.221. The molecule has 6 nitrogen and oxygen atoms in total. The summed E-state index contributed by atoms with van der Waals surface area (Å²) in [6.45, 7) is 5.83. The molecule has 0 aliphatic heterocycles. The molecule has 1 aliphatic rings. The van der Waals surface area contributed by atoms with E-state index in [-0.39, 0.29) is 13.2 Å². The van der Waals surface area contributed by atoms with E-state index in [1.165, 1.54) is 6.26 Å². The zero-order valence-electron chi connectivity index (χ0n) is 16.8. The van der Waals surface area contributed by atoms with Gasteiger partial charge in [-0.05, 0) is 51.1 Å². The molecule has 1 aliphatic carbocycles. The summed E-state index contributed by atoms with van der Waals surface area (Å²) in [4.78, 5) is 25.8. The van der Waals surface area contributed by atoms with Crippen molar-refractivity contribution in [2.24, 2.45) is 5.92 Å². The number of ether oxygens (including phenoxy) is 2. The molecule has 2 atom stereocenters. The molecule has 1 heterocycles. The average molecular weight is 395 g/mol. The normalized spacial score (nSPS) is 18.8. The van der Waals surface area contributed by atoms with Crippen LogP contribution in [-0.4, -0.2) is 25.2 Å². The van der Waals surface area contributed by atoms with E-state index < -0.39 is 23.8 Å². The maximum Gasteiger partial charge on any atom is 0.336 e. The van der Waals surface area contributed by atoms with Crippen molar-refractivity contribution >= 4 is 17.6 Å². The second-order valence-electron chi connectivity index (χ2n) is 6.65. The van der Waals surface area contributed by atoms with Crippen LogP contribution in [0.1, 0.15) is 32.4 Å². The molecule has 0 saturated heterocycles. The topological polar surface area (TPSA) is 77.8 Å². The predicted molar refractivity (Wildman–Crippen MR) is 109 cm³/mol. The zero-order valence-corrected chi connectivity index (χ0v) is 16.8. The van der Waals surface area contributed by atoms with Crippen molar-refractivity contribution in [3.8, 4) is 0 Å². The van der Waals surface area contributed by atoms with Crippen LogP contribution in [0.15, 0.2) is 76.1 Å². The molecule has 2 aromatic rings. The Morgan fingerprint density at radius 2 is 1.76 bits per heavy atom. The van der Waals surface area contributed by atoms with Gasteiger partial charge in [0.2, 0.25) is 0 Å². The van der Waals surface area contributed by atoms with Crippen molar-refractivity contribution in [1.82, 2.24) is 0 Å². The number of rotatable bonds is 7. The Balaban J connectivity index is 2.15. The van der Waals surface area contributed by atoms with Crippen LogP contribution in [0.4, 0.5) is 5.69 Å². The van der Waals surface area contributed by atoms with E-state index in [1.807, 2.05) is 37.3 Å². The summed E-state index contributed by atoms with van der Waals surface area (Å²) in [6.07, 6.45) is 3.33. The molecule has 0 radical (unpaired) electrons. The monoisotopic (exact) mass is 395 g/mol. The highest BCUT2D eigenvalue weighted by atomic mass is 16.5. The quantitative estimate of drug-likeness (QED) is 0.699. The van der Waals surface area contributed by atoms with Crippen LogP contribution in [0.2, 0.25) is 0 Å². The van der Waals surface area contributed by atoms with Gasteiger partial charge in [0, 0.05) is 11.4 Å². The van der Waals surface area contributed by atoms with Gasteiger partial charge in [0.25, 0.3) is 0 Å². The van der Waals surface area contributed by atoms with Gasteiger partial charge in [-0.3, -0.25) is 4.79 Å². The number of benzene rings is 1. The van der Waals surface area contributed by atoms with Gasteiger partial charge >= 0.3 is 11.9 Å². The smallest absolute Gasteiger partial charge is 0.336 e. The lowest BCUT2D eigenvalue weighted by atomic mass is 9.75. The van der Waals surface area contributed by atoms with Gasteiger partial charge in [0.1, 0.15) is 5.76 Å². The van der Waals surface area contributed by atoms with E-state index >= 15 is 0 Å². The summed E-state index contributed by atoms with van der Waals surface area (Å²) in [5.41, 5.74) is 2.51. The third-order valence-electron chi connectivity index (χ3n) is 4.74. The predicted octanol–water partition coefficient (Wildman–Crippen LogP) is 4.43. The molecule has 2 unspecified atom stereocenters. The Kier molecular flexibility index (Phi) is 6.54. The Hall–Kier alpha value is -3.28. The summed E-state index contributed by atoms with van der Waals surface area (Å²) < 4.78 is 16.3. The van der Waals surface area contributed by atoms with Crippen molar-refractivity contribution in [3.63, 3.8) is 0 Å². The number of furan rings is 1. The molecular formula is C23H25NO5. The van der Waals surface area contributed by atoms with Crippen molar-refractivity contribution in [1.29, 1.82) is 0 Å². The van der Waals surface area contributed by atoms with Gasteiger partial charge in [0.15, 0.2) is 0 Å². The maximum absolute atomic E-state index is 13.0. The van der Waals surface area contributed by atoms with Gasteiger partial charge in [0.05, 0.1) is 36.9 Å². The zero-order chi connectivity index (χ0) is 20.8. The van der Waals surface area contributed by atoms with Crippen LogP contribution in [0, 0.1) is 5.92 Å². The Labute approximate surface area is 170 Å². The van der Waals surface area contributed by atoms with E-state index in [0.717, 1.165) is 11.3 Å². The fourth-order valence-electron chi connectivity index (χ4n) is 3.55. The van der Waals surface area contributed by atoms with Crippen LogP contribution in [0.25, 0.3) is 0 Å². The molecule has 0 spiro atoms. The van der Waals surface area contributed by atoms with Crippen molar-refractivity contribution in [2.75, 3.05) is 18.5 Å². The first-order valence-electron chi connectivity index (χ1n) is 9.68. The highest BCUT2D eigenvalue weighted by molar-refractivity contribution is 5.95. The average Bonchev–Trinajstić information content (AvgIpc) is 3.23. The van der Waals surface area contributed by atoms with E-state index in [4.69, 9.17) is 13.9 Å². The number of para-hydroxylation sites is 1. The van der Waals surface area contributed by atoms with Gasteiger partial charge in [-0.15, -0.1) is 0 Å². The summed E-state index contributed by atoms with van der Waals surface area (Å²) in [5, 5.41) is 3.29. The van der Waals surface area contributed by atoms with Crippen molar-refractivity contribution in [2.45, 2.75) is 26.7 Å². The number of allylic oxidation sites excluding steroid dienone is 1. The van der Waals surface area contributed by atoms with Crippen molar-refractivity contribution in [3.05, 3.63) is 77.4 Å². The number of esters is 2. The van der Waals surface area contributed by atoms with Gasteiger partial charge in [-0.25, -0.2) is 4.79 Å². The summed E-state index contributed by atoms with van der Waals surface area (Å²) >= 11 is 0. The molecule has 1 N–H and O–H groups in total. The molecular weight excluding hydrogens is 370 g/mol. The molecule has 0 fully saturated rings. The minimum atomic E-state index is -0.679. The highest BCUT2D eigenvalue weighted by Crippen LogP contribution is 2.43. The molecule has 0 saturated carbocycles. The van der Waals surface area contributed by atoms with Crippen LogP contribution in [0.5, 0.6) is 0 Å². The molecule has 1 aromatic heterocycles. The molecule has 6 heteroatoms. The first kappa shape index (κ1) is 20.5. The molecule has 1 aromatic carbocycles. The number of anilines is 1. The van der Waals surface area contributed by atoms with Gasteiger partial charge < -0.3 is 19.2 Å². The number of carbonyl (C=O) groups excluding carboxylic acids is 2. The second-order valence-corrected chi connectivity index (χ2v) is 6.65.